The van der Waals surface area contributed by atoms with Gasteiger partial charge in [0.05, 0.1) is 25.3 Å². The van der Waals surface area contributed by atoms with Gasteiger partial charge in [0.1, 0.15) is 42.3 Å². The molecule has 0 saturated carbocycles. The number of carbonyl (C=O) groups excluding carboxylic acids is 8. The van der Waals surface area contributed by atoms with Crippen LogP contribution in [0.3, 0.4) is 0 Å². The number of aliphatic carboxylic acids is 1. The molecule has 2 heterocycles. The van der Waals surface area contributed by atoms with E-state index in [1.165, 1.54) is 11.8 Å². The Morgan fingerprint density at radius 2 is 1.38 bits per heavy atom. The maximum Gasteiger partial charge on any atom is 0.327 e. The smallest absolute Gasteiger partial charge is 0.327 e. The zero-order valence-electron chi connectivity index (χ0n) is 36.1. The number of nitrogens with two attached hydrogens (primary N) is 3. The molecule has 356 valence electrons. The molecule has 0 aromatic carbocycles. The van der Waals surface area contributed by atoms with Crippen LogP contribution in [-0.2, 0) is 43.2 Å². The molecule has 16 N–H and O–H groups in total. The highest BCUT2D eigenvalue weighted by atomic mass is 33.1. The average molecular weight is 933 g/mol. The largest absolute Gasteiger partial charge is 0.480 e. The maximum absolute atomic E-state index is 13.7. The highest BCUT2D eigenvalue weighted by Gasteiger charge is 2.39. The van der Waals surface area contributed by atoms with Crippen LogP contribution < -0.4 is 54.4 Å². The van der Waals surface area contributed by atoms with Crippen molar-refractivity contribution in [2.75, 3.05) is 37.7 Å². The minimum atomic E-state index is -1.64. The number of aliphatic hydroxyl groups is 2. The van der Waals surface area contributed by atoms with Crippen LogP contribution in [0, 0.1) is 11.8 Å². The van der Waals surface area contributed by atoms with Gasteiger partial charge in [0.25, 0.3) is 0 Å². The number of carbonyl (C=O) groups is 9. The summed E-state index contributed by atoms with van der Waals surface area (Å²) in [4.78, 5) is 125. The lowest BCUT2D eigenvalue weighted by atomic mass is 9.97. The average Bonchev–Trinajstić information content (AvgIpc) is 3.73. The van der Waals surface area contributed by atoms with Crippen molar-refractivity contribution in [3.05, 3.63) is 0 Å². The van der Waals surface area contributed by atoms with E-state index >= 15 is 0 Å². The maximum atomic E-state index is 13.7. The Hall–Kier alpha value is -4.92. The van der Waals surface area contributed by atoms with E-state index < -0.39 is 133 Å². The monoisotopic (exact) mass is 932 g/mol. The normalized spacial score (nSPS) is 28.2. The summed E-state index contributed by atoms with van der Waals surface area (Å²) in [6, 6.07) is -10.9. The van der Waals surface area contributed by atoms with Crippen molar-refractivity contribution >= 4 is 80.8 Å². The van der Waals surface area contributed by atoms with Gasteiger partial charge in [-0.1, -0.05) is 55.7 Å². The van der Waals surface area contributed by atoms with E-state index in [0.717, 1.165) is 21.6 Å². The van der Waals surface area contributed by atoms with Crippen LogP contribution in [0.15, 0.2) is 4.99 Å². The molecular formula is C37H64N12O12S2. The molecule has 0 bridgehead atoms. The van der Waals surface area contributed by atoms with Gasteiger partial charge in [-0.05, 0) is 44.4 Å². The Bertz CT molecular complexity index is 1670. The molecule has 2 aliphatic rings. The van der Waals surface area contributed by atoms with E-state index in [-0.39, 0.29) is 49.8 Å². The molecule has 2 rings (SSSR count). The number of aliphatic hydroxyl groups excluding tert-OH is 2. The van der Waals surface area contributed by atoms with Gasteiger partial charge in [-0.15, -0.1) is 0 Å². The van der Waals surface area contributed by atoms with Crippen LogP contribution in [0.25, 0.3) is 0 Å². The Balaban J connectivity index is 2.50. The fourth-order valence-corrected chi connectivity index (χ4v) is 8.65. The lowest BCUT2D eigenvalue weighted by molar-refractivity contribution is -0.142. The van der Waals surface area contributed by atoms with Crippen molar-refractivity contribution in [3.8, 4) is 0 Å². The van der Waals surface area contributed by atoms with Gasteiger partial charge in [0.15, 0.2) is 5.96 Å². The number of nitrogens with zero attached hydrogens (tertiary/aromatic N) is 2. The fraction of sp³-hybridized carbons (Fsp3) is 0.730. The molecule has 10 atom stereocenters. The number of carboxylic acids is 1. The quantitative estimate of drug-likeness (QED) is 0.0422. The van der Waals surface area contributed by atoms with Gasteiger partial charge >= 0.3 is 5.97 Å². The lowest BCUT2D eigenvalue weighted by Gasteiger charge is -2.29. The molecule has 2 saturated heterocycles. The third-order valence-corrected chi connectivity index (χ3v) is 12.8. The first-order valence-electron chi connectivity index (χ1n) is 20.6. The van der Waals surface area contributed by atoms with Crippen LogP contribution in [0.1, 0.15) is 66.7 Å². The van der Waals surface area contributed by atoms with Crippen molar-refractivity contribution in [2.45, 2.75) is 121 Å². The topological polar surface area (TPSA) is 392 Å². The van der Waals surface area contributed by atoms with Crippen LogP contribution >= 0.6 is 21.6 Å². The van der Waals surface area contributed by atoms with E-state index in [1.54, 1.807) is 27.7 Å². The predicted molar refractivity (Wildman–Crippen MR) is 233 cm³/mol. The van der Waals surface area contributed by atoms with E-state index in [9.17, 15) is 58.5 Å². The van der Waals surface area contributed by atoms with Crippen LogP contribution in [0.4, 0.5) is 0 Å². The Labute approximate surface area is 373 Å². The van der Waals surface area contributed by atoms with Gasteiger partial charge in [0, 0.05) is 24.6 Å². The van der Waals surface area contributed by atoms with Gasteiger partial charge < -0.3 is 74.6 Å². The number of guanidine groups is 1. The molecule has 2 fully saturated rings. The summed E-state index contributed by atoms with van der Waals surface area (Å²) in [6.45, 7) is 6.48. The molecule has 24 nitrogen and oxygen atoms in total. The number of hydrogen-bond acceptors (Lipinski definition) is 15. The van der Waals surface area contributed by atoms with Gasteiger partial charge in [-0.2, -0.15) is 0 Å². The predicted octanol–water partition coefficient (Wildman–Crippen LogP) is -5.06. The summed E-state index contributed by atoms with van der Waals surface area (Å²) in [5.74, 6) is -9.79. The van der Waals surface area contributed by atoms with Gasteiger partial charge in [-0.3, -0.25) is 43.3 Å². The summed E-state index contributed by atoms with van der Waals surface area (Å²) in [6.07, 6.45) is -0.460. The van der Waals surface area contributed by atoms with E-state index in [0.29, 0.717) is 12.8 Å². The molecule has 0 spiro atoms. The molecule has 0 radical (unpaired) electrons. The van der Waals surface area contributed by atoms with Crippen molar-refractivity contribution in [3.63, 3.8) is 0 Å². The summed E-state index contributed by atoms with van der Waals surface area (Å²) in [5, 5.41) is 47.8. The van der Waals surface area contributed by atoms with Gasteiger partial charge in [-0.25, -0.2) is 4.79 Å². The summed E-state index contributed by atoms with van der Waals surface area (Å²) < 4.78 is 0. The highest BCUT2D eigenvalue weighted by Crippen LogP contribution is 2.23. The van der Waals surface area contributed by atoms with Crippen molar-refractivity contribution in [2.24, 2.45) is 34.0 Å². The number of aliphatic imine (C=N–C) groups is 1. The number of hydrogen-bond donors (Lipinski definition) is 13. The standard InChI is InChI=1S/C37H64N12O12S2/c1-6-18(4)27-33(57)42-13-25(52)49-12-8-10-24(49)32(56)44-22(14-50)31(55)46-26(17(2)3)34(58)45-23(36(60)61)16-63-62-15-20(38)29(53)43-21(9-7-11-41-37(39)40)30(54)48-28(19(5)51)35(59)47-27/h17-24,26-28,50-51H,6-16,38H2,1-5H3,(H,42,57)(H,43,53)(H,44,56)(H,45,58)(H,46,55)(H,47,59)(H,48,54)(H,60,61)(H4,39,40,41). The molecule has 0 aromatic rings. The summed E-state index contributed by atoms with van der Waals surface area (Å²) in [7, 11) is 1.96. The second-order valence-corrected chi connectivity index (χ2v) is 18.2. The third kappa shape index (κ3) is 17.3. The van der Waals surface area contributed by atoms with E-state index in [4.69, 9.17) is 17.2 Å². The lowest BCUT2D eigenvalue weighted by Crippen LogP contribution is -2.61. The van der Waals surface area contributed by atoms with Crippen LogP contribution in [0.2, 0.25) is 0 Å². The summed E-state index contributed by atoms with van der Waals surface area (Å²) in [5.41, 5.74) is 17.0. The minimum absolute atomic E-state index is 0.0545. The van der Waals surface area contributed by atoms with Crippen molar-refractivity contribution in [1.82, 2.24) is 42.1 Å². The first-order valence-corrected chi connectivity index (χ1v) is 23.1. The number of rotatable bonds is 10. The second-order valence-electron chi connectivity index (χ2n) is 15.6. The molecule has 63 heavy (non-hydrogen) atoms. The number of nitrogens with one attached hydrogen (secondary N) is 7. The van der Waals surface area contributed by atoms with Crippen LogP contribution in [0.5, 0.6) is 0 Å². The van der Waals surface area contributed by atoms with Gasteiger partial charge in [0.2, 0.25) is 47.3 Å². The molecule has 8 amide bonds. The van der Waals surface area contributed by atoms with Crippen molar-refractivity contribution in [1.29, 1.82) is 0 Å². The van der Waals surface area contributed by atoms with E-state index in [2.05, 4.69) is 42.2 Å². The van der Waals surface area contributed by atoms with E-state index in [1.807, 2.05) is 0 Å². The molecule has 0 aromatic heterocycles. The first kappa shape index (κ1) is 54.2. The molecule has 10 unspecified atom stereocenters. The fourth-order valence-electron chi connectivity index (χ4n) is 6.37. The zero-order chi connectivity index (χ0) is 47.6. The Morgan fingerprint density at radius 1 is 0.794 bits per heavy atom. The molecule has 26 heteroatoms. The Kier molecular flexibility index (Phi) is 22.9. The number of carboxylic acid groups (broad SMARTS) is 1. The number of amides is 8. The Morgan fingerprint density at radius 3 is 1.97 bits per heavy atom. The third-order valence-electron chi connectivity index (χ3n) is 10.3. The summed E-state index contributed by atoms with van der Waals surface area (Å²) >= 11 is 0. The minimum Gasteiger partial charge on any atom is -0.480 e. The van der Waals surface area contributed by atoms with Crippen molar-refractivity contribution < 1.29 is 58.5 Å². The van der Waals surface area contributed by atoms with Crippen LogP contribution in [-0.4, -0.2) is 172 Å². The first-order chi connectivity index (χ1) is 29.6. The molecule has 2 aliphatic heterocycles. The molecular weight excluding hydrogens is 869 g/mol. The second kappa shape index (κ2) is 26.6. The highest BCUT2D eigenvalue weighted by molar-refractivity contribution is 8.76. The number of fused-ring (bicyclic) bond motifs is 1. The molecule has 0 aliphatic carbocycles. The zero-order valence-corrected chi connectivity index (χ0v) is 37.7. The SMILES string of the molecule is CCC(C)C1NC(=O)C(C(C)O)NC(=O)C(CCCN=C(N)N)NC(=O)C(N)CSSCC(C(=O)O)NC(=O)C(C(C)C)NC(=O)C(CO)NC(=O)C2CCCN2C(=O)CNC1=O.